The molecule has 0 amide bonds. The molecule has 0 unspecified atom stereocenters. The van der Waals surface area contributed by atoms with Gasteiger partial charge in [0.1, 0.15) is 11.4 Å². The second-order valence-electron chi connectivity index (χ2n) is 5.89. The molecule has 1 aromatic carbocycles. The largest absolute Gasteiger partial charge is 0.494 e. The maximum Gasteiger partial charge on any atom is 0.190 e. The Morgan fingerprint density at radius 1 is 1.07 bits per heavy atom. The molecule has 0 aliphatic heterocycles. The molecule has 0 atom stereocenters. The van der Waals surface area contributed by atoms with E-state index in [4.69, 9.17) is 4.74 Å². The fourth-order valence-electron chi connectivity index (χ4n) is 2.62. The third kappa shape index (κ3) is 6.74. The van der Waals surface area contributed by atoms with Gasteiger partial charge in [-0.2, -0.15) is 0 Å². The first-order valence-electron chi connectivity index (χ1n) is 8.90. The highest BCUT2D eigenvalue weighted by molar-refractivity contribution is 14.0. The number of benzene rings is 1. The monoisotopic (exact) mass is 479 g/mol. The molecule has 0 fully saturated rings. The summed E-state index contributed by atoms with van der Waals surface area (Å²) in [6.07, 6.45) is 5.83. The third-order valence-corrected chi connectivity index (χ3v) is 3.94. The van der Waals surface area contributed by atoms with Gasteiger partial charge < -0.3 is 19.8 Å². The number of aromatic nitrogens is 2. The van der Waals surface area contributed by atoms with Crippen LogP contribution in [-0.2, 0) is 6.42 Å². The summed E-state index contributed by atoms with van der Waals surface area (Å²) < 4.78 is 7.72. The second kappa shape index (κ2) is 11.4. The van der Waals surface area contributed by atoms with Gasteiger partial charge in [-0.3, -0.25) is 4.99 Å². The van der Waals surface area contributed by atoms with E-state index in [0.29, 0.717) is 6.61 Å². The van der Waals surface area contributed by atoms with Gasteiger partial charge in [-0.25, -0.2) is 4.98 Å². The van der Waals surface area contributed by atoms with Gasteiger partial charge >= 0.3 is 0 Å². The maximum absolute atomic E-state index is 5.68. The zero-order valence-electron chi connectivity index (χ0n) is 15.5. The van der Waals surface area contributed by atoms with Crippen LogP contribution in [0.1, 0.15) is 12.1 Å². The molecule has 2 aromatic heterocycles. The van der Waals surface area contributed by atoms with Crippen LogP contribution in [0.4, 0.5) is 0 Å². The van der Waals surface area contributed by atoms with Gasteiger partial charge in [0.15, 0.2) is 5.96 Å². The molecular formula is C20H26IN5O. The van der Waals surface area contributed by atoms with Crippen LogP contribution in [0.5, 0.6) is 5.75 Å². The van der Waals surface area contributed by atoms with Crippen LogP contribution in [0.25, 0.3) is 5.65 Å². The molecule has 7 heteroatoms. The fourth-order valence-corrected chi connectivity index (χ4v) is 2.62. The summed E-state index contributed by atoms with van der Waals surface area (Å²) in [5, 5.41) is 6.62. The molecule has 2 heterocycles. The number of rotatable bonds is 8. The van der Waals surface area contributed by atoms with Crippen molar-refractivity contribution in [3.8, 4) is 5.75 Å². The minimum Gasteiger partial charge on any atom is -0.494 e. The highest BCUT2D eigenvalue weighted by Crippen LogP contribution is 2.08. The van der Waals surface area contributed by atoms with Gasteiger partial charge in [-0.1, -0.05) is 24.3 Å². The van der Waals surface area contributed by atoms with E-state index in [-0.39, 0.29) is 24.0 Å². The third-order valence-electron chi connectivity index (χ3n) is 3.94. The van der Waals surface area contributed by atoms with Crippen LogP contribution in [0.2, 0.25) is 0 Å². The van der Waals surface area contributed by atoms with E-state index in [1.165, 1.54) is 0 Å². The topological polar surface area (TPSA) is 63.0 Å². The van der Waals surface area contributed by atoms with Crippen molar-refractivity contribution in [1.82, 2.24) is 20.0 Å². The Balaban J connectivity index is 0.00000261. The SMILES string of the molecule is CN=C(NCCCOc1ccccc1)NCCc1cn2ccccc2n1.I. The predicted octanol–water partition coefficient (Wildman–Crippen LogP) is 3.13. The lowest BCUT2D eigenvalue weighted by Gasteiger charge is -2.11. The molecule has 144 valence electrons. The van der Waals surface area contributed by atoms with Crippen LogP contribution in [0, 0.1) is 0 Å². The highest BCUT2D eigenvalue weighted by atomic mass is 127. The molecule has 27 heavy (non-hydrogen) atoms. The van der Waals surface area contributed by atoms with E-state index in [9.17, 15) is 0 Å². The Bertz CT molecular complexity index is 802. The maximum atomic E-state index is 5.68. The predicted molar refractivity (Wildman–Crippen MR) is 120 cm³/mol. The van der Waals surface area contributed by atoms with Gasteiger partial charge in [0, 0.05) is 39.0 Å². The van der Waals surface area contributed by atoms with Crippen molar-refractivity contribution in [3.05, 3.63) is 66.6 Å². The standard InChI is InChI=1S/C20H25N5O.HI/c1-21-20(22-12-7-15-26-18-8-3-2-4-9-18)23-13-11-17-16-25-14-6-5-10-19(25)24-17;/h2-6,8-10,14,16H,7,11-13,15H2,1H3,(H2,21,22,23);1H. The molecule has 6 nitrogen and oxygen atoms in total. The fraction of sp³-hybridized carbons (Fsp3) is 0.300. The number of nitrogens with one attached hydrogen (secondary N) is 2. The average Bonchev–Trinajstić information content (AvgIpc) is 3.10. The first-order valence-corrected chi connectivity index (χ1v) is 8.90. The van der Waals surface area contributed by atoms with Crippen molar-refractivity contribution in [1.29, 1.82) is 0 Å². The van der Waals surface area contributed by atoms with Crippen LogP contribution >= 0.6 is 24.0 Å². The number of ether oxygens (including phenoxy) is 1. The summed E-state index contributed by atoms with van der Waals surface area (Å²) in [5.41, 5.74) is 2.04. The van der Waals surface area contributed by atoms with E-state index in [1.807, 2.05) is 59.1 Å². The van der Waals surface area contributed by atoms with Crippen LogP contribution in [-0.4, -0.2) is 42.1 Å². The number of para-hydroxylation sites is 1. The van der Waals surface area contributed by atoms with Gasteiger partial charge in [0.05, 0.1) is 12.3 Å². The lowest BCUT2D eigenvalue weighted by Crippen LogP contribution is -2.39. The molecule has 0 saturated carbocycles. The number of aliphatic imine (C=N–C) groups is 1. The van der Waals surface area contributed by atoms with Crippen LogP contribution < -0.4 is 15.4 Å². The Morgan fingerprint density at radius 3 is 2.63 bits per heavy atom. The minimum absolute atomic E-state index is 0. The summed E-state index contributed by atoms with van der Waals surface area (Å²) in [5.74, 6) is 1.70. The number of nitrogens with zero attached hydrogens (tertiary/aromatic N) is 3. The average molecular weight is 479 g/mol. The van der Waals surface area contributed by atoms with Gasteiger partial charge in [-0.15, -0.1) is 24.0 Å². The van der Waals surface area contributed by atoms with Crippen molar-refractivity contribution in [2.24, 2.45) is 4.99 Å². The number of halogens is 1. The van der Waals surface area contributed by atoms with Gasteiger partial charge in [-0.05, 0) is 30.7 Å². The molecular weight excluding hydrogens is 453 g/mol. The summed E-state index contributed by atoms with van der Waals surface area (Å²) >= 11 is 0. The van der Waals surface area contributed by atoms with Crippen molar-refractivity contribution in [2.75, 3.05) is 26.7 Å². The first-order chi connectivity index (χ1) is 12.8. The van der Waals surface area contributed by atoms with Crippen molar-refractivity contribution in [3.63, 3.8) is 0 Å². The van der Waals surface area contributed by atoms with E-state index >= 15 is 0 Å². The highest BCUT2D eigenvalue weighted by Gasteiger charge is 2.02. The molecule has 0 radical (unpaired) electrons. The van der Waals surface area contributed by atoms with Crippen LogP contribution in [0.15, 0.2) is 65.9 Å². The van der Waals surface area contributed by atoms with E-state index in [1.54, 1.807) is 7.05 Å². The summed E-state index contributed by atoms with van der Waals surface area (Å²) in [6.45, 7) is 2.26. The van der Waals surface area contributed by atoms with Crippen LogP contribution in [0.3, 0.4) is 0 Å². The minimum atomic E-state index is 0. The second-order valence-corrected chi connectivity index (χ2v) is 5.89. The Morgan fingerprint density at radius 2 is 1.85 bits per heavy atom. The molecule has 0 aliphatic carbocycles. The molecule has 0 spiro atoms. The summed E-state index contributed by atoms with van der Waals surface area (Å²) in [4.78, 5) is 8.84. The molecule has 0 aliphatic rings. The molecule has 3 aromatic rings. The molecule has 2 N–H and O–H groups in total. The Labute approximate surface area is 177 Å². The van der Waals surface area contributed by atoms with Crippen molar-refractivity contribution in [2.45, 2.75) is 12.8 Å². The number of pyridine rings is 1. The smallest absolute Gasteiger partial charge is 0.190 e. The van der Waals surface area contributed by atoms with E-state index in [2.05, 4.69) is 26.8 Å². The zero-order valence-corrected chi connectivity index (χ0v) is 17.8. The van der Waals surface area contributed by atoms with E-state index < -0.39 is 0 Å². The Hall–Kier alpha value is -2.29. The number of hydrogen-bond donors (Lipinski definition) is 2. The number of fused-ring (bicyclic) bond motifs is 1. The lowest BCUT2D eigenvalue weighted by atomic mass is 10.3. The van der Waals surface area contributed by atoms with E-state index in [0.717, 1.165) is 49.0 Å². The number of hydrogen-bond acceptors (Lipinski definition) is 3. The summed E-state index contributed by atoms with van der Waals surface area (Å²) in [6, 6.07) is 15.9. The molecule has 0 saturated heterocycles. The Kier molecular flexibility index (Phi) is 8.90. The lowest BCUT2D eigenvalue weighted by molar-refractivity contribution is 0.311. The normalized spacial score (nSPS) is 11.1. The van der Waals surface area contributed by atoms with Crippen molar-refractivity contribution < 1.29 is 4.74 Å². The molecule has 3 rings (SSSR count). The quantitative estimate of drug-likeness (QED) is 0.226. The number of imidazole rings is 1. The molecule has 0 bridgehead atoms. The van der Waals surface area contributed by atoms with Gasteiger partial charge in [0.2, 0.25) is 0 Å². The van der Waals surface area contributed by atoms with Crippen molar-refractivity contribution >= 4 is 35.6 Å². The van der Waals surface area contributed by atoms with Gasteiger partial charge in [0.25, 0.3) is 0 Å². The summed E-state index contributed by atoms with van der Waals surface area (Å²) in [7, 11) is 1.78. The first kappa shape index (κ1) is 21.0. The number of guanidine groups is 1. The zero-order chi connectivity index (χ0) is 18.0.